The van der Waals surface area contributed by atoms with Crippen LogP contribution < -0.4 is 15.8 Å². The van der Waals surface area contributed by atoms with E-state index in [9.17, 15) is 0 Å². The molecule has 8 heteroatoms. The van der Waals surface area contributed by atoms with Gasteiger partial charge in [0, 0.05) is 21.8 Å². The second kappa shape index (κ2) is 8.71. The number of halogens is 1. The number of aromatic nitrogens is 2. The second-order valence-electron chi connectivity index (χ2n) is 5.96. The van der Waals surface area contributed by atoms with Gasteiger partial charge in [-0.15, -0.1) is 0 Å². The third-order valence-corrected chi connectivity index (χ3v) is 4.48. The monoisotopic (exact) mass is 441 g/mol. The van der Waals surface area contributed by atoms with E-state index in [2.05, 4.69) is 36.4 Å². The fraction of sp³-hybridized carbons (Fsp3) is 0.150. The normalized spacial score (nSPS) is 11.3. The molecule has 144 valence electrons. The van der Waals surface area contributed by atoms with Gasteiger partial charge >= 0.3 is 0 Å². The van der Waals surface area contributed by atoms with Gasteiger partial charge in [-0.3, -0.25) is 0 Å². The highest BCUT2D eigenvalue weighted by Gasteiger charge is 2.12. The Morgan fingerprint density at radius 1 is 1.18 bits per heavy atom. The van der Waals surface area contributed by atoms with Crippen molar-refractivity contribution < 1.29 is 9.94 Å². The van der Waals surface area contributed by atoms with Crippen LogP contribution in [0.15, 0.2) is 58.2 Å². The van der Waals surface area contributed by atoms with E-state index in [1.165, 1.54) is 0 Å². The van der Waals surface area contributed by atoms with Crippen molar-refractivity contribution in [1.82, 2.24) is 9.97 Å². The van der Waals surface area contributed by atoms with E-state index in [0.717, 1.165) is 27.0 Å². The molecule has 3 rings (SSSR count). The van der Waals surface area contributed by atoms with E-state index in [1.807, 2.05) is 55.5 Å². The van der Waals surface area contributed by atoms with Crippen LogP contribution in [0.1, 0.15) is 19.4 Å². The first-order chi connectivity index (χ1) is 13.5. The van der Waals surface area contributed by atoms with Crippen LogP contribution in [0.4, 0.5) is 17.5 Å². The SMILES string of the molecule is CCOc1ccc(Br)cc1-c1cc(Nc2ccc(/C(C)=N\O)cc2)nc(N)n1. The molecule has 28 heavy (non-hydrogen) atoms. The van der Waals surface area contributed by atoms with Crippen LogP contribution in [0.2, 0.25) is 0 Å². The van der Waals surface area contributed by atoms with E-state index < -0.39 is 0 Å². The molecule has 0 unspecified atom stereocenters. The lowest BCUT2D eigenvalue weighted by Gasteiger charge is -2.13. The highest BCUT2D eigenvalue weighted by molar-refractivity contribution is 9.10. The standard InChI is InChI=1S/C20H20BrN5O2/c1-3-28-18-9-6-14(21)10-16(18)17-11-19(25-20(22)24-17)23-15-7-4-13(5-8-15)12(2)26-27/h4-11,27H,3H2,1-2H3,(H3,22,23,24,25)/b26-12-. The average Bonchev–Trinajstić information content (AvgIpc) is 2.69. The lowest BCUT2D eigenvalue weighted by Crippen LogP contribution is -2.03. The largest absolute Gasteiger partial charge is 0.493 e. The first kappa shape index (κ1) is 19.6. The predicted octanol–water partition coefficient (Wildman–Crippen LogP) is 4.83. The summed E-state index contributed by atoms with van der Waals surface area (Å²) < 4.78 is 6.63. The van der Waals surface area contributed by atoms with Gasteiger partial charge in [-0.1, -0.05) is 33.2 Å². The molecule has 0 bridgehead atoms. The number of benzene rings is 2. The quantitative estimate of drug-likeness (QED) is 0.287. The number of nitrogens with two attached hydrogens (primary N) is 1. The molecule has 0 aliphatic carbocycles. The van der Waals surface area contributed by atoms with E-state index >= 15 is 0 Å². The lowest BCUT2D eigenvalue weighted by molar-refractivity contribution is 0.319. The predicted molar refractivity (Wildman–Crippen MR) is 114 cm³/mol. The molecule has 7 nitrogen and oxygen atoms in total. The average molecular weight is 442 g/mol. The summed E-state index contributed by atoms with van der Waals surface area (Å²) in [7, 11) is 0. The van der Waals surface area contributed by atoms with Gasteiger partial charge in [0.05, 0.1) is 18.0 Å². The van der Waals surface area contributed by atoms with Gasteiger partial charge in [-0.2, -0.15) is 4.98 Å². The van der Waals surface area contributed by atoms with Gasteiger partial charge in [-0.25, -0.2) is 4.98 Å². The molecule has 0 saturated carbocycles. The summed E-state index contributed by atoms with van der Waals surface area (Å²) in [5.74, 6) is 1.44. The Labute approximate surface area is 171 Å². The molecule has 0 aliphatic rings. The zero-order valence-corrected chi connectivity index (χ0v) is 17.1. The summed E-state index contributed by atoms with van der Waals surface area (Å²) in [5, 5.41) is 15.3. The van der Waals surface area contributed by atoms with Crippen LogP contribution in [0.3, 0.4) is 0 Å². The number of nitrogens with one attached hydrogen (secondary N) is 1. The maximum atomic E-state index is 8.87. The Hall–Kier alpha value is -3.13. The number of hydrogen-bond donors (Lipinski definition) is 3. The summed E-state index contributed by atoms with van der Waals surface area (Å²) in [6, 6.07) is 15.0. The maximum absolute atomic E-state index is 8.87. The molecule has 0 atom stereocenters. The molecule has 0 aliphatic heterocycles. The first-order valence-corrected chi connectivity index (χ1v) is 9.43. The number of hydrogen-bond acceptors (Lipinski definition) is 7. The van der Waals surface area contributed by atoms with Crippen molar-refractivity contribution in [3.63, 3.8) is 0 Å². The van der Waals surface area contributed by atoms with Crippen molar-refractivity contribution in [2.24, 2.45) is 5.16 Å². The van der Waals surface area contributed by atoms with Crippen LogP contribution in [0, 0.1) is 0 Å². The fourth-order valence-corrected chi connectivity index (χ4v) is 3.01. The molecule has 0 saturated heterocycles. The molecule has 1 aromatic heterocycles. The summed E-state index contributed by atoms with van der Waals surface area (Å²) in [6.45, 7) is 4.21. The summed E-state index contributed by atoms with van der Waals surface area (Å²) in [4.78, 5) is 8.63. The van der Waals surface area contributed by atoms with Crippen molar-refractivity contribution in [2.75, 3.05) is 17.7 Å². The van der Waals surface area contributed by atoms with Gasteiger partial charge in [0.2, 0.25) is 5.95 Å². The molecular weight excluding hydrogens is 422 g/mol. The number of nitrogens with zero attached hydrogens (tertiary/aromatic N) is 3. The summed E-state index contributed by atoms with van der Waals surface area (Å²) in [6.07, 6.45) is 0. The van der Waals surface area contributed by atoms with Gasteiger partial charge in [0.1, 0.15) is 11.6 Å². The van der Waals surface area contributed by atoms with Crippen molar-refractivity contribution in [3.05, 3.63) is 58.6 Å². The van der Waals surface area contributed by atoms with E-state index in [4.69, 9.17) is 15.7 Å². The number of ether oxygens (including phenoxy) is 1. The molecule has 1 heterocycles. The molecule has 0 radical (unpaired) electrons. The zero-order chi connectivity index (χ0) is 20.1. The van der Waals surface area contributed by atoms with Crippen LogP contribution >= 0.6 is 15.9 Å². The van der Waals surface area contributed by atoms with Gasteiger partial charge < -0.3 is 21.0 Å². The third kappa shape index (κ3) is 4.58. The van der Waals surface area contributed by atoms with Crippen molar-refractivity contribution in [1.29, 1.82) is 0 Å². The van der Waals surface area contributed by atoms with Crippen LogP contribution in [-0.4, -0.2) is 27.5 Å². The first-order valence-electron chi connectivity index (χ1n) is 8.63. The Morgan fingerprint density at radius 2 is 1.93 bits per heavy atom. The minimum absolute atomic E-state index is 0.155. The Balaban J connectivity index is 1.93. The molecule has 3 aromatic rings. The third-order valence-electron chi connectivity index (χ3n) is 3.99. The van der Waals surface area contributed by atoms with Crippen LogP contribution in [-0.2, 0) is 0 Å². The fourth-order valence-electron chi connectivity index (χ4n) is 2.65. The molecule has 4 N–H and O–H groups in total. The van der Waals surface area contributed by atoms with Crippen molar-refractivity contribution in [2.45, 2.75) is 13.8 Å². The van der Waals surface area contributed by atoms with Crippen molar-refractivity contribution >= 4 is 39.1 Å². The minimum Gasteiger partial charge on any atom is -0.493 e. The Kier molecular flexibility index (Phi) is 6.10. The van der Waals surface area contributed by atoms with Gasteiger partial charge in [0.15, 0.2) is 0 Å². The zero-order valence-electron chi connectivity index (χ0n) is 15.5. The van der Waals surface area contributed by atoms with E-state index in [0.29, 0.717) is 23.8 Å². The number of nitrogen functional groups attached to an aromatic ring is 1. The number of rotatable bonds is 6. The number of oxime groups is 1. The van der Waals surface area contributed by atoms with E-state index in [1.54, 1.807) is 6.92 Å². The molecule has 0 spiro atoms. The molecule has 2 aromatic carbocycles. The second-order valence-corrected chi connectivity index (χ2v) is 6.87. The molecule has 0 amide bonds. The van der Waals surface area contributed by atoms with Crippen molar-refractivity contribution in [3.8, 4) is 17.0 Å². The Bertz CT molecular complexity index is 1010. The molecular formula is C20H20BrN5O2. The summed E-state index contributed by atoms with van der Waals surface area (Å²) in [5.41, 5.74) is 9.59. The highest BCUT2D eigenvalue weighted by atomic mass is 79.9. The Morgan fingerprint density at radius 3 is 2.61 bits per heavy atom. The minimum atomic E-state index is 0.155. The highest BCUT2D eigenvalue weighted by Crippen LogP contribution is 2.33. The molecule has 0 fully saturated rings. The van der Waals surface area contributed by atoms with Crippen LogP contribution in [0.5, 0.6) is 5.75 Å². The summed E-state index contributed by atoms with van der Waals surface area (Å²) >= 11 is 3.49. The van der Waals surface area contributed by atoms with Gasteiger partial charge in [0.25, 0.3) is 0 Å². The maximum Gasteiger partial charge on any atom is 0.222 e. The van der Waals surface area contributed by atoms with E-state index in [-0.39, 0.29) is 5.95 Å². The lowest BCUT2D eigenvalue weighted by atomic mass is 10.1. The number of anilines is 3. The van der Waals surface area contributed by atoms with Crippen LogP contribution in [0.25, 0.3) is 11.3 Å². The smallest absolute Gasteiger partial charge is 0.222 e. The topological polar surface area (TPSA) is 106 Å². The van der Waals surface area contributed by atoms with Gasteiger partial charge in [-0.05, 0) is 49.7 Å².